The van der Waals surface area contributed by atoms with Gasteiger partial charge in [-0.2, -0.15) is 0 Å². The molecule has 5 heteroatoms. The maximum atomic E-state index is 12.1. The van der Waals surface area contributed by atoms with Crippen LogP contribution in [-0.4, -0.2) is 39.8 Å². The number of ether oxygens (including phenoxy) is 1. The van der Waals surface area contributed by atoms with Crippen molar-refractivity contribution < 1.29 is 14.6 Å². The molecule has 1 aromatic carbocycles. The summed E-state index contributed by atoms with van der Waals surface area (Å²) in [4.78, 5) is 14.0. The fourth-order valence-corrected chi connectivity index (χ4v) is 3.76. The number of hydrogen-bond donors (Lipinski definition) is 1. The van der Waals surface area contributed by atoms with Crippen LogP contribution in [0.4, 0.5) is 0 Å². The second-order valence-electron chi connectivity index (χ2n) is 6.22. The zero-order valence-corrected chi connectivity index (χ0v) is 13.8. The first-order valence-electron chi connectivity index (χ1n) is 7.08. The molecule has 1 amide bonds. The Bertz CT molecular complexity index is 495. The zero-order chi connectivity index (χ0) is 15.6. The number of aliphatic hydroxyl groups excluding tert-OH is 1. The lowest BCUT2D eigenvalue weighted by Gasteiger charge is -2.48. The summed E-state index contributed by atoms with van der Waals surface area (Å²) in [6.45, 7) is 6.88. The summed E-state index contributed by atoms with van der Waals surface area (Å²) in [6.07, 6.45) is 0. The summed E-state index contributed by atoms with van der Waals surface area (Å²) >= 11 is 1.74. The van der Waals surface area contributed by atoms with Gasteiger partial charge in [-0.3, -0.25) is 4.79 Å². The molecule has 21 heavy (non-hydrogen) atoms. The number of β-lactam (4-membered cyclic amide) rings is 1. The molecular formula is C16H23NO3S. The summed E-state index contributed by atoms with van der Waals surface area (Å²) in [5.41, 5.74) is 1.07. The average molecular weight is 309 g/mol. The molecule has 0 aliphatic carbocycles. The number of carbonyl (C=O) groups excluding carboxylic acids is 1. The maximum absolute atomic E-state index is 12.1. The highest BCUT2D eigenvalue weighted by atomic mass is 32.2. The number of likely N-dealkylation sites (tertiary alicyclic amines) is 1. The van der Waals surface area contributed by atoms with Crippen molar-refractivity contribution in [3.8, 4) is 5.75 Å². The monoisotopic (exact) mass is 309 g/mol. The van der Waals surface area contributed by atoms with Crippen molar-refractivity contribution in [3.05, 3.63) is 29.8 Å². The van der Waals surface area contributed by atoms with Gasteiger partial charge in [0.15, 0.2) is 0 Å². The highest BCUT2D eigenvalue weighted by Crippen LogP contribution is 2.42. The van der Waals surface area contributed by atoms with Crippen molar-refractivity contribution in [1.82, 2.24) is 4.90 Å². The van der Waals surface area contributed by atoms with E-state index >= 15 is 0 Å². The number of benzene rings is 1. The number of aliphatic hydroxyl groups is 1. The smallest absolute Gasteiger partial charge is 0.232 e. The van der Waals surface area contributed by atoms with Crippen LogP contribution in [0.25, 0.3) is 0 Å². The molecule has 1 saturated heterocycles. The summed E-state index contributed by atoms with van der Waals surface area (Å²) in [5.74, 6) is 0.574. The molecule has 0 spiro atoms. The molecule has 0 radical (unpaired) electrons. The summed E-state index contributed by atoms with van der Waals surface area (Å²) in [5, 5.41) is 9.44. The Morgan fingerprint density at radius 1 is 1.29 bits per heavy atom. The van der Waals surface area contributed by atoms with E-state index < -0.39 is 0 Å². The van der Waals surface area contributed by atoms with Gasteiger partial charge in [0.1, 0.15) is 5.75 Å². The molecule has 1 aromatic rings. The van der Waals surface area contributed by atoms with Gasteiger partial charge in [-0.1, -0.05) is 32.9 Å². The molecule has 0 aromatic heterocycles. The third-order valence-corrected chi connectivity index (χ3v) is 4.97. The molecule has 0 bridgehead atoms. The number of amides is 1. The van der Waals surface area contributed by atoms with Crippen molar-refractivity contribution in [1.29, 1.82) is 0 Å². The van der Waals surface area contributed by atoms with E-state index in [-0.39, 0.29) is 28.6 Å². The van der Waals surface area contributed by atoms with Gasteiger partial charge in [-0.15, -0.1) is 11.8 Å². The van der Waals surface area contributed by atoms with E-state index in [1.165, 1.54) is 0 Å². The Morgan fingerprint density at radius 2 is 1.90 bits per heavy atom. The Morgan fingerprint density at radius 3 is 2.38 bits per heavy atom. The van der Waals surface area contributed by atoms with Crippen molar-refractivity contribution in [2.24, 2.45) is 5.92 Å². The molecule has 2 atom stereocenters. The van der Waals surface area contributed by atoms with Gasteiger partial charge in [0.25, 0.3) is 0 Å². The van der Waals surface area contributed by atoms with Gasteiger partial charge in [-0.25, -0.2) is 0 Å². The fraction of sp³-hybridized carbons (Fsp3) is 0.562. The molecule has 116 valence electrons. The third kappa shape index (κ3) is 3.71. The van der Waals surface area contributed by atoms with Gasteiger partial charge in [-0.05, 0) is 17.7 Å². The van der Waals surface area contributed by atoms with Crippen LogP contribution in [-0.2, 0) is 11.3 Å². The Hall–Kier alpha value is -1.20. The van der Waals surface area contributed by atoms with Gasteiger partial charge < -0.3 is 14.7 Å². The number of thioether (sulfide) groups is 1. The molecule has 1 heterocycles. The maximum Gasteiger partial charge on any atom is 0.232 e. The van der Waals surface area contributed by atoms with Crippen LogP contribution in [0, 0.1) is 5.92 Å². The van der Waals surface area contributed by atoms with Gasteiger partial charge in [0.05, 0.1) is 25.0 Å². The van der Waals surface area contributed by atoms with Crippen LogP contribution in [0.15, 0.2) is 24.3 Å². The van der Waals surface area contributed by atoms with Crippen LogP contribution in [0.5, 0.6) is 5.75 Å². The van der Waals surface area contributed by atoms with Crippen molar-refractivity contribution in [2.75, 3.05) is 13.7 Å². The molecular weight excluding hydrogens is 286 g/mol. The average Bonchev–Trinajstić information content (AvgIpc) is 2.44. The Labute approximate surface area is 130 Å². The normalized spacial score (nSPS) is 22.1. The lowest BCUT2D eigenvalue weighted by atomic mass is 9.98. The van der Waals surface area contributed by atoms with E-state index in [2.05, 4.69) is 20.8 Å². The first-order valence-corrected chi connectivity index (χ1v) is 7.96. The number of rotatable bonds is 5. The minimum Gasteiger partial charge on any atom is -0.497 e. The predicted octanol–water partition coefficient (Wildman–Crippen LogP) is 2.50. The van der Waals surface area contributed by atoms with Crippen LogP contribution in [0.2, 0.25) is 0 Å². The van der Waals surface area contributed by atoms with Crippen molar-refractivity contribution in [3.63, 3.8) is 0 Å². The van der Waals surface area contributed by atoms with E-state index in [1.54, 1.807) is 18.9 Å². The van der Waals surface area contributed by atoms with E-state index in [9.17, 15) is 9.90 Å². The number of hydrogen-bond acceptors (Lipinski definition) is 4. The van der Waals surface area contributed by atoms with Crippen LogP contribution < -0.4 is 4.74 Å². The van der Waals surface area contributed by atoms with E-state index in [0.29, 0.717) is 6.54 Å². The van der Waals surface area contributed by atoms with Gasteiger partial charge in [0, 0.05) is 11.3 Å². The van der Waals surface area contributed by atoms with Gasteiger partial charge in [0.2, 0.25) is 5.91 Å². The highest BCUT2D eigenvalue weighted by molar-refractivity contribution is 8.01. The summed E-state index contributed by atoms with van der Waals surface area (Å²) in [7, 11) is 1.63. The predicted molar refractivity (Wildman–Crippen MR) is 85.3 cm³/mol. The second-order valence-corrected chi connectivity index (χ2v) is 8.17. The van der Waals surface area contributed by atoms with E-state index in [4.69, 9.17) is 4.74 Å². The number of nitrogens with zero attached hydrogens (tertiary/aromatic N) is 1. The first kappa shape index (κ1) is 16.2. The molecule has 4 nitrogen and oxygen atoms in total. The van der Waals surface area contributed by atoms with Crippen molar-refractivity contribution >= 4 is 17.7 Å². The van der Waals surface area contributed by atoms with Crippen LogP contribution >= 0.6 is 11.8 Å². The van der Waals surface area contributed by atoms with Crippen molar-refractivity contribution in [2.45, 2.75) is 37.4 Å². The zero-order valence-electron chi connectivity index (χ0n) is 13.0. The molecule has 1 aliphatic heterocycles. The lowest BCUT2D eigenvalue weighted by Crippen LogP contribution is -2.60. The third-order valence-electron chi connectivity index (χ3n) is 3.43. The lowest BCUT2D eigenvalue weighted by molar-refractivity contribution is -0.153. The SMILES string of the molecule is COc1ccc(CN2C(=O)C(CO)C2SC(C)(C)C)cc1. The topological polar surface area (TPSA) is 49.8 Å². The fourth-order valence-electron chi connectivity index (χ4n) is 2.37. The largest absolute Gasteiger partial charge is 0.497 e. The Kier molecular flexibility index (Phi) is 4.84. The highest BCUT2D eigenvalue weighted by Gasteiger charge is 2.48. The summed E-state index contributed by atoms with van der Waals surface area (Å²) < 4.78 is 5.19. The molecule has 1 fully saturated rings. The second kappa shape index (κ2) is 6.28. The van der Waals surface area contributed by atoms with E-state index in [0.717, 1.165) is 11.3 Å². The first-order chi connectivity index (χ1) is 9.85. The minimum absolute atomic E-state index is 0.0371. The molecule has 1 aliphatic rings. The molecule has 1 N–H and O–H groups in total. The number of carbonyl (C=O) groups is 1. The van der Waals surface area contributed by atoms with Crippen LogP contribution in [0.3, 0.4) is 0 Å². The molecule has 0 saturated carbocycles. The Balaban J connectivity index is 2.07. The summed E-state index contributed by atoms with van der Waals surface area (Å²) in [6, 6.07) is 7.73. The molecule has 2 rings (SSSR count). The van der Waals surface area contributed by atoms with E-state index in [1.807, 2.05) is 29.2 Å². The quantitative estimate of drug-likeness (QED) is 0.849. The standard InChI is InChI=1S/C16H23NO3S/c1-16(2,3)21-15-13(10-18)14(19)17(15)9-11-5-7-12(20-4)8-6-11/h5-8,13,15,18H,9-10H2,1-4H3. The van der Waals surface area contributed by atoms with Crippen LogP contribution in [0.1, 0.15) is 26.3 Å². The molecule has 2 unspecified atom stereocenters. The number of methoxy groups -OCH3 is 1. The van der Waals surface area contributed by atoms with Gasteiger partial charge >= 0.3 is 0 Å². The minimum atomic E-state index is -0.271.